The SMILES string of the molecule is CC(C)C(C)Cc1cncc(F)c1. The lowest BCUT2D eigenvalue weighted by Crippen LogP contribution is -2.07. The maximum atomic E-state index is 12.8. The molecule has 0 saturated carbocycles. The summed E-state index contributed by atoms with van der Waals surface area (Å²) >= 11 is 0. The predicted octanol–water partition coefficient (Wildman–Crippen LogP) is 3.06. The predicted molar refractivity (Wildman–Crippen MR) is 51.9 cm³/mol. The molecule has 1 atom stereocenters. The largest absolute Gasteiger partial charge is 0.261 e. The fourth-order valence-corrected chi connectivity index (χ4v) is 1.17. The molecule has 0 fully saturated rings. The molecule has 0 aliphatic heterocycles. The minimum absolute atomic E-state index is 0.242. The molecule has 0 bridgehead atoms. The van der Waals surface area contributed by atoms with Gasteiger partial charge in [-0.1, -0.05) is 20.8 Å². The van der Waals surface area contributed by atoms with E-state index in [-0.39, 0.29) is 5.82 Å². The van der Waals surface area contributed by atoms with Gasteiger partial charge in [0, 0.05) is 6.20 Å². The van der Waals surface area contributed by atoms with Crippen molar-refractivity contribution in [2.45, 2.75) is 27.2 Å². The van der Waals surface area contributed by atoms with Crippen LogP contribution in [0.15, 0.2) is 18.5 Å². The highest BCUT2D eigenvalue weighted by atomic mass is 19.1. The second kappa shape index (κ2) is 4.35. The Bertz CT molecular complexity index is 271. The van der Waals surface area contributed by atoms with E-state index in [1.54, 1.807) is 12.3 Å². The van der Waals surface area contributed by atoms with Crippen LogP contribution in [0.25, 0.3) is 0 Å². The van der Waals surface area contributed by atoms with Gasteiger partial charge < -0.3 is 0 Å². The van der Waals surface area contributed by atoms with E-state index in [2.05, 4.69) is 25.8 Å². The molecule has 13 heavy (non-hydrogen) atoms. The van der Waals surface area contributed by atoms with E-state index in [0.717, 1.165) is 12.0 Å². The summed E-state index contributed by atoms with van der Waals surface area (Å²) in [6.07, 6.45) is 3.88. The van der Waals surface area contributed by atoms with Crippen molar-refractivity contribution in [1.82, 2.24) is 4.98 Å². The van der Waals surface area contributed by atoms with Crippen LogP contribution < -0.4 is 0 Å². The molecule has 0 aliphatic rings. The van der Waals surface area contributed by atoms with Gasteiger partial charge in [-0.3, -0.25) is 4.98 Å². The van der Waals surface area contributed by atoms with Crippen molar-refractivity contribution in [3.05, 3.63) is 29.8 Å². The maximum absolute atomic E-state index is 12.8. The summed E-state index contributed by atoms with van der Waals surface area (Å²) in [4.78, 5) is 3.82. The number of aromatic nitrogens is 1. The second-order valence-corrected chi connectivity index (χ2v) is 3.94. The van der Waals surface area contributed by atoms with E-state index in [4.69, 9.17) is 0 Å². The molecular formula is C11H16FN. The molecule has 1 aromatic rings. The maximum Gasteiger partial charge on any atom is 0.141 e. The van der Waals surface area contributed by atoms with Gasteiger partial charge in [0.25, 0.3) is 0 Å². The van der Waals surface area contributed by atoms with Gasteiger partial charge >= 0.3 is 0 Å². The smallest absolute Gasteiger partial charge is 0.141 e. The van der Waals surface area contributed by atoms with Crippen molar-refractivity contribution in [3.63, 3.8) is 0 Å². The fourth-order valence-electron chi connectivity index (χ4n) is 1.17. The van der Waals surface area contributed by atoms with Crippen LogP contribution >= 0.6 is 0 Å². The summed E-state index contributed by atoms with van der Waals surface area (Å²) in [5.41, 5.74) is 0.987. The third kappa shape index (κ3) is 3.13. The van der Waals surface area contributed by atoms with Crippen molar-refractivity contribution in [1.29, 1.82) is 0 Å². The molecule has 1 rings (SSSR count). The van der Waals surface area contributed by atoms with Crippen LogP contribution in [0.4, 0.5) is 4.39 Å². The molecule has 0 N–H and O–H groups in total. The van der Waals surface area contributed by atoms with Crippen molar-refractivity contribution < 1.29 is 4.39 Å². The van der Waals surface area contributed by atoms with E-state index < -0.39 is 0 Å². The number of pyridine rings is 1. The third-order valence-electron chi connectivity index (χ3n) is 2.46. The average molecular weight is 181 g/mol. The minimum Gasteiger partial charge on any atom is -0.261 e. The Labute approximate surface area is 79.0 Å². The van der Waals surface area contributed by atoms with E-state index in [1.807, 2.05) is 0 Å². The Morgan fingerprint density at radius 2 is 2.00 bits per heavy atom. The molecule has 2 heteroatoms. The molecule has 1 heterocycles. The molecule has 0 spiro atoms. The van der Waals surface area contributed by atoms with Gasteiger partial charge in [0.15, 0.2) is 0 Å². The van der Waals surface area contributed by atoms with Gasteiger partial charge in [-0.2, -0.15) is 0 Å². The zero-order chi connectivity index (χ0) is 9.84. The lowest BCUT2D eigenvalue weighted by atomic mass is 9.92. The van der Waals surface area contributed by atoms with E-state index in [9.17, 15) is 4.39 Å². The molecule has 0 saturated heterocycles. The standard InChI is InChI=1S/C11H16FN/c1-8(2)9(3)4-10-5-11(12)7-13-6-10/h5-9H,4H2,1-3H3. The molecule has 1 unspecified atom stereocenters. The Morgan fingerprint density at radius 3 is 2.54 bits per heavy atom. The number of halogens is 1. The highest BCUT2D eigenvalue weighted by molar-refractivity contribution is 5.10. The number of hydrogen-bond donors (Lipinski definition) is 0. The van der Waals surface area contributed by atoms with Crippen molar-refractivity contribution >= 4 is 0 Å². The van der Waals surface area contributed by atoms with E-state index >= 15 is 0 Å². The second-order valence-electron chi connectivity index (χ2n) is 3.94. The van der Waals surface area contributed by atoms with Crippen LogP contribution in [0.2, 0.25) is 0 Å². The third-order valence-corrected chi connectivity index (χ3v) is 2.46. The average Bonchev–Trinajstić information content (AvgIpc) is 2.04. The van der Waals surface area contributed by atoms with Gasteiger partial charge in [0.2, 0.25) is 0 Å². The number of hydrogen-bond acceptors (Lipinski definition) is 1. The molecule has 0 amide bonds. The Balaban J connectivity index is 2.64. The fraction of sp³-hybridized carbons (Fsp3) is 0.545. The van der Waals surface area contributed by atoms with Gasteiger partial charge in [0.1, 0.15) is 5.82 Å². The summed E-state index contributed by atoms with van der Waals surface area (Å²) in [6, 6.07) is 1.56. The first-order chi connectivity index (χ1) is 6.09. The molecule has 0 aromatic carbocycles. The molecule has 1 nitrogen and oxygen atoms in total. The molecular weight excluding hydrogens is 165 g/mol. The molecule has 0 radical (unpaired) electrons. The van der Waals surface area contributed by atoms with Gasteiger partial charge in [-0.15, -0.1) is 0 Å². The normalized spacial score (nSPS) is 13.3. The van der Waals surface area contributed by atoms with Crippen LogP contribution in [0.1, 0.15) is 26.3 Å². The van der Waals surface area contributed by atoms with Crippen molar-refractivity contribution in [2.24, 2.45) is 11.8 Å². The summed E-state index contributed by atoms with van der Waals surface area (Å²) in [5.74, 6) is 0.959. The van der Waals surface area contributed by atoms with Crippen LogP contribution in [0, 0.1) is 17.7 Å². The first kappa shape index (κ1) is 10.2. The van der Waals surface area contributed by atoms with E-state index in [0.29, 0.717) is 11.8 Å². The van der Waals surface area contributed by atoms with Gasteiger partial charge in [0.05, 0.1) is 6.20 Å². The minimum atomic E-state index is -0.242. The monoisotopic (exact) mass is 181 g/mol. The number of nitrogens with zero attached hydrogens (tertiary/aromatic N) is 1. The zero-order valence-electron chi connectivity index (χ0n) is 8.42. The highest BCUT2D eigenvalue weighted by Crippen LogP contribution is 2.16. The molecule has 1 aromatic heterocycles. The highest BCUT2D eigenvalue weighted by Gasteiger charge is 2.08. The van der Waals surface area contributed by atoms with E-state index in [1.165, 1.54) is 6.20 Å². The number of rotatable bonds is 3. The Hall–Kier alpha value is -0.920. The van der Waals surface area contributed by atoms with Crippen LogP contribution in [-0.2, 0) is 6.42 Å². The van der Waals surface area contributed by atoms with Gasteiger partial charge in [-0.25, -0.2) is 4.39 Å². The van der Waals surface area contributed by atoms with Crippen LogP contribution in [0.5, 0.6) is 0 Å². The Morgan fingerprint density at radius 1 is 1.31 bits per heavy atom. The molecule has 0 aliphatic carbocycles. The zero-order valence-corrected chi connectivity index (χ0v) is 8.42. The summed E-state index contributed by atoms with van der Waals surface area (Å²) < 4.78 is 12.8. The quantitative estimate of drug-likeness (QED) is 0.698. The summed E-state index contributed by atoms with van der Waals surface area (Å²) in [7, 11) is 0. The van der Waals surface area contributed by atoms with Crippen molar-refractivity contribution in [2.75, 3.05) is 0 Å². The lowest BCUT2D eigenvalue weighted by molar-refractivity contribution is 0.416. The first-order valence-electron chi connectivity index (χ1n) is 4.69. The lowest BCUT2D eigenvalue weighted by Gasteiger charge is -2.14. The first-order valence-corrected chi connectivity index (χ1v) is 4.69. The van der Waals surface area contributed by atoms with Crippen LogP contribution in [0.3, 0.4) is 0 Å². The van der Waals surface area contributed by atoms with Gasteiger partial charge in [-0.05, 0) is 29.9 Å². The summed E-state index contributed by atoms with van der Waals surface area (Å²) in [6.45, 7) is 6.53. The topological polar surface area (TPSA) is 12.9 Å². The van der Waals surface area contributed by atoms with Crippen LogP contribution in [-0.4, -0.2) is 4.98 Å². The van der Waals surface area contributed by atoms with Crippen molar-refractivity contribution in [3.8, 4) is 0 Å². The summed E-state index contributed by atoms with van der Waals surface area (Å²) in [5, 5.41) is 0. The molecule has 72 valence electrons. The Kier molecular flexibility index (Phi) is 3.40.